The number of pyridine rings is 2. The summed E-state index contributed by atoms with van der Waals surface area (Å²) in [4.78, 5) is 8.42. The van der Waals surface area contributed by atoms with Gasteiger partial charge in [-0.3, -0.25) is 14.6 Å². The van der Waals surface area contributed by atoms with Crippen molar-refractivity contribution in [3.63, 3.8) is 0 Å². The lowest BCUT2D eigenvalue weighted by atomic mass is 10.0. The van der Waals surface area contributed by atoms with E-state index >= 15 is 0 Å². The third kappa shape index (κ3) is 3.03. The Kier molecular flexibility index (Phi) is 4.12. The molecule has 0 aliphatic rings. The molecular formula is C19H13F3N4. The third-order valence-corrected chi connectivity index (χ3v) is 4.11. The fourth-order valence-electron chi connectivity index (χ4n) is 2.80. The van der Waals surface area contributed by atoms with Crippen LogP contribution in [0, 0.1) is 5.82 Å². The highest BCUT2D eigenvalue weighted by Crippen LogP contribution is 2.29. The van der Waals surface area contributed by atoms with E-state index in [1.165, 1.54) is 6.07 Å². The summed E-state index contributed by atoms with van der Waals surface area (Å²) < 4.78 is 41.2. The molecule has 3 aromatic heterocycles. The van der Waals surface area contributed by atoms with Crippen LogP contribution in [0.25, 0.3) is 22.2 Å². The molecule has 3 heterocycles. The van der Waals surface area contributed by atoms with Crippen molar-refractivity contribution in [1.82, 2.24) is 19.7 Å². The Hall–Kier alpha value is -3.22. The van der Waals surface area contributed by atoms with Crippen LogP contribution in [0.5, 0.6) is 0 Å². The molecule has 4 nitrogen and oxygen atoms in total. The maximum Gasteiger partial charge on any atom is 0.266 e. The van der Waals surface area contributed by atoms with Gasteiger partial charge in [-0.15, -0.1) is 0 Å². The second-order valence-electron chi connectivity index (χ2n) is 5.83. The topological polar surface area (TPSA) is 43.6 Å². The van der Waals surface area contributed by atoms with E-state index in [0.717, 1.165) is 23.2 Å². The lowest BCUT2D eigenvalue weighted by molar-refractivity contribution is 0.146. The zero-order valence-electron chi connectivity index (χ0n) is 13.5. The van der Waals surface area contributed by atoms with Crippen molar-refractivity contribution in [3.8, 4) is 11.1 Å². The maximum atomic E-state index is 13.5. The Morgan fingerprint density at radius 3 is 2.65 bits per heavy atom. The fraction of sp³-hybridized carbons (Fsp3) is 0.105. The van der Waals surface area contributed by atoms with Crippen molar-refractivity contribution >= 4 is 11.0 Å². The van der Waals surface area contributed by atoms with Crippen molar-refractivity contribution < 1.29 is 13.2 Å². The molecule has 4 rings (SSSR count). The molecule has 0 radical (unpaired) electrons. The van der Waals surface area contributed by atoms with Crippen LogP contribution in [0.15, 0.2) is 61.2 Å². The van der Waals surface area contributed by atoms with Gasteiger partial charge in [0.1, 0.15) is 11.3 Å². The molecular weight excluding hydrogens is 341 g/mol. The number of hydrogen-bond donors (Lipinski definition) is 0. The summed E-state index contributed by atoms with van der Waals surface area (Å²) in [5.41, 5.74) is 2.90. The van der Waals surface area contributed by atoms with Gasteiger partial charge in [0.15, 0.2) is 0 Å². The summed E-state index contributed by atoms with van der Waals surface area (Å²) in [6.07, 6.45) is 3.79. The number of alkyl halides is 2. The zero-order chi connectivity index (χ0) is 18.1. The van der Waals surface area contributed by atoms with Crippen LogP contribution in [0.4, 0.5) is 13.2 Å². The Morgan fingerprint density at radius 1 is 1.00 bits per heavy atom. The van der Waals surface area contributed by atoms with E-state index in [0.29, 0.717) is 23.2 Å². The van der Waals surface area contributed by atoms with E-state index in [1.807, 2.05) is 18.2 Å². The number of rotatable bonds is 4. The summed E-state index contributed by atoms with van der Waals surface area (Å²) in [7, 11) is 0. The average molecular weight is 354 g/mol. The predicted octanol–water partition coefficient (Wildman–Crippen LogP) is 4.62. The monoisotopic (exact) mass is 354 g/mol. The van der Waals surface area contributed by atoms with Gasteiger partial charge in [-0.2, -0.15) is 5.10 Å². The summed E-state index contributed by atoms with van der Waals surface area (Å²) in [5.74, 6) is -0.917. The molecule has 0 atom stereocenters. The molecule has 0 aliphatic carbocycles. The van der Waals surface area contributed by atoms with Crippen molar-refractivity contribution in [2.75, 3.05) is 0 Å². The van der Waals surface area contributed by atoms with Crippen molar-refractivity contribution in [2.45, 2.75) is 13.0 Å². The highest BCUT2D eigenvalue weighted by Gasteiger charge is 2.15. The van der Waals surface area contributed by atoms with Crippen LogP contribution in [0.3, 0.4) is 0 Å². The first-order valence-corrected chi connectivity index (χ1v) is 7.90. The Bertz CT molecular complexity index is 1060. The SMILES string of the molecule is Fc1ccc(-c2cnc3cnn(Cc4cccnc4)c3c2)cc1C(F)F. The molecule has 7 heteroatoms. The van der Waals surface area contributed by atoms with Crippen LogP contribution in [-0.2, 0) is 6.54 Å². The van der Waals surface area contributed by atoms with Crippen molar-refractivity contribution in [2.24, 2.45) is 0 Å². The molecule has 1 aromatic carbocycles. The van der Waals surface area contributed by atoms with Gasteiger partial charge in [-0.25, -0.2) is 13.2 Å². The molecule has 0 saturated carbocycles. The van der Waals surface area contributed by atoms with Crippen LogP contribution in [0.2, 0.25) is 0 Å². The van der Waals surface area contributed by atoms with Gasteiger partial charge < -0.3 is 0 Å². The van der Waals surface area contributed by atoms with Gasteiger partial charge in [0.25, 0.3) is 6.43 Å². The third-order valence-electron chi connectivity index (χ3n) is 4.11. The van der Waals surface area contributed by atoms with Gasteiger partial charge in [0.2, 0.25) is 0 Å². The molecule has 0 spiro atoms. The maximum absolute atomic E-state index is 13.5. The minimum atomic E-state index is -2.87. The zero-order valence-corrected chi connectivity index (χ0v) is 13.5. The standard InChI is InChI=1S/C19H13F3N4/c20-16-4-3-13(6-15(16)19(21)22)14-7-18-17(24-9-14)10-25-26(18)11-12-2-1-5-23-8-12/h1-10,19H,11H2. The minimum Gasteiger partial charge on any atom is -0.264 e. The highest BCUT2D eigenvalue weighted by molar-refractivity contribution is 5.80. The first-order chi connectivity index (χ1) is 12.6. The number of halogens is 3. The largest absolute Gasteiger partial charge is 0.266 e. The quantitative estimate of drug-likeness (QED) is 0.537. The first-order valence-electron chi connectivity index (χ1n) is 7.90. The minimum absolute atomic E-state index is 0.477. The average Bonchev–Trinajstić information content (AvgIpc) is 3.05. The highest BCUT2D eigenvalue weighted by atomic mass is 19.3. The molecule has 0 saturated heterocycles. The van der Waals surface area contributed by atoms with E-state index in [2.05, 4.69) is 15.1 Å². The summed E-state index contributed by atoms with van der Waals surface area (Å²) in [6.45, 7) is 0.508. The Morgan fingerprint density at radius 2 is 1.88 bits per heavy atom. The lowest BCUT2D eigenvalue weighted by Gasteiger charge is -2.08. The summed E-state index contributed by atoms with van der Waals surface area (Å²) >= 11 is 0. The smallest absolute Gasteiger partial charge is 0.264 e. The van der Waals surface area contributed by atoms with Crippen LogP contribution in [-0.4, -0.2) is 19.7 Å². The number of nitrogens with zero attached hydrogens (tertiary/aromatic N) is 4. The van der Waals surface area contributed by atoms with Gasteiger partial charge in [-0.1, -0.05) is 12.1 Å². The first kappa shape index (κ1) is 16.3. The van der Waals surface area contributed by atoms with E-state index in [4.69, 9.17) is 0 Å². The molecule has 0 aliphatic heterocycles. The molecule has 130 valence electrons. The van der Waals surface area contributed by atoms with Crippen molar-refractivity contribution in [3.05, 3.63) is 78.1 Å². The molecule has 0 N–H and O–H groups in total. The van der Waals surface area contributed by atoms with E-state index in [1.54, 1.807) is 29.5 Å². The second-order valence-corrected chi connectivity index (χ2v) is 5.83. The Labute approximate surface area is 147 Å². The van der Waals surface area contributed by atoms with Gasteiger partial charge in [0, 0.05) is 24.2 Å². The van der Waals surface area contributed by atoms with Gasteiger partial charge in [-0.05, 0) is 35.4 Å². The number of hydrogen-bond acceptors (Lipinski definition) is 3. The summed E-state index contributed by atoms with van der Waals surface area (Å²) in [6, 6.07) is 9.26. The van der Waals surface area contributed by atoms with Crippen LogP contribution < -0.4 is 0 Å². The van der Waals surface area contributed by atoms with Crippen LogP contribution in [0.1, 0.15) is 17.6 Å². The molecule has 0 fully saturated rings. The van der Waals surface area contributed by atoms with Crippen LogP contribution >= 0.6 is 0 Å². The molecule has 0 bridgehead atoms. The molecule has 0 amide bonds. The second kappa shape index (κ2) is 6.59. The normalized spacial score (nSPS) is 11.4. The predicted molar refractivity (Wildman–Crippen MR) is 91.2 cm³/mol. The van der Waals surface area contributed by atoms with Gasteiger partial charge in [0.05, 0.1) is 23.8 Å². The molecule has 0 unspecified atom stereocenters. The molecule has 26 heavy (non-hydrogen) atoms. The van der Waals surface area contributed by atoms with Crippen molar-refractivity contribution in [1.29, 1.82) is 0 Å². The van der Waals surface area contributed by atoms with E-state index in [-0.39, 0.29) is 0 Å². The number of aromatic nitrogens is 4. The molecule has 4 aromatic rings. The lowest BCUT2D eigenvalue weighted by Crippen LogP contribution is -2.01. The van der Waals surface area contributed by atoms with Gasteiger partial charge >= 0.3 is 0 Å². The Balaban J connectivity index is 1.76. The van der Waals surface area contributed by atoms with E-state index < -0.39 is 17.8 Å². The van der Waals surface area contributed by atoms with E-state index in [9.17, 15) is 13.2 Å². The fourth-order valence-corrected chi connectivity index (χ4v) is 2.80. The number of fused-ring (bicyclic) bond motifs is 1. The number of benzene rings is 1. The summed E-state index contributed by atoms with van der Waals surface area (Å²) in [5, 5.41) is 4.33.